The third-order valence-corrected chi connectivity index (χ3v) is 2.75. The minimum absolute atomic E-state index is 0.0888. The third-order valence-electron chi connectivity index (χ3n) is 2.26. The smallest absolute Gasteiger partial charge is 0.323 e. The van der Waals surface area contributed by atoms with Crippen LogP contribution in [0.3, 0.4) is 0 Å². The third kappa shape index (κ3) is 4.23. The number of benzene rings is 1. The van der Waals surface area contributed by atoms with Gasteiger partial charge in [0.1, 0.15) is 5.82 Å². The average molecular weight is 357 g/mol. The maximum atomic E-state index is 13.7. The van der Waals surface area contributed by atoms with Gasteiger partial charge in [0.15, 0.2) is 0 Å². The molecular weight excluding hydrogens is 343 g/mol. The molecule has 0 aliphatic rings. The van der Waals surface area contributed by atoms with Gasteiger partial charge in [-0.3, -0.25) is 5.43 Å². The molecule has 112 valence electrons. The van der Waals surface area contributed by atoms with E-state index in [4.69, 9.17) is 10.6 Å². The zero-order chi connectivity index (χ0) is 15.4. The molecular formula is C12H14BrFN6O. The van der Waals surface area contributed by atoms with E-state index in [9.17, 15) is 4.39 Å². The SMILES string of the molecule is CC(C)Oc1nc(NN)nc(Nc2cc(Br)ccc2F)n1. The molecule has 1 aromatic carbocycles. The molecule has 0 saturated heterocycles. The van der Waals surface area contributed by atoms with Crippen LogP contribution in [0.1, 0.15) is 13.8 Å². The molecule has 0 unspecified atom stereocenters. The van der Waals surface area contributed by atoms with Gasteiger partial charge in [0.2, 0.25) is 11.9 Å². The summed E-state index contributed by atoms with van der Waals surface area (Å²) in [5, 5.41) is 2.76. The van der Waals surface area contributed by atoms with E-state index in [2.05, 4.69) is 41.6 Å². The Morgan fingerprint density at radius 3 is 2.62 bits per heavy atom. The Morgan fingerprint density at radius 1 is 1.24 bits per heavy atom. The van der Waals surface area contributed by atoms with Crippen molar-refractivity contribution in [3.63, 3.8) is 0 Å². The molecule has 0 amide bonds. The van der Waals surface area contributed by atoms with Crippen LogP contribution in [0.25, 0.3) is 0 Å². The summed E-state index contributed by atoms with van der Waals surface area (Å²) in [6.45, 7) is 3.67. The van der Waals surface area contributed by atoms with Crippen molar-refractivity contribution in [2.45, 2.75) is 20.0 Å². The molecule has 0 atom stereocenters. The Hall–Kier alpha value is -2.00. The van der Waals surface area contributed by atoms with Gasteiger partial charge in [-0.05, 0) is 32.0 Å². The van der Waals surface area contributed by atoms with Crippen LogP contribution in [0.5, 0.6) is 6.01 Å². The lowest BCUT2D eigenvalue weighted by Crippen LogP contribution is -2.15. The van der Waals surface area contributed by atoms with Gasteiger partial charge in [-0.15, -0.1) is 0 Å². The molecule has 0 bridgehead atoms. The highest BCUT2D eigenvalue weighted by Gasteiger charge is 2.11. The van der Waals surface area contributed by atoms with Gasteiger partial charge in [0.05, 0.1) is 11.8 Å². The maximum absolute atomic E-state index is 13.7. The second kappa shape index (κ2) is 6.64. The first-order valence-corrected chi connectivity index (χ1v) is 6.88. The molecule has 1 aromatic heterocycles. The number of nitrogens with two attached hydrogens (primary N) is 1. The molecule has 4 N–H and O–H groups in total. The number of rotatable bonds is 5. The number of aromatic nitrogens is 3. The number of nitrogens with zero attached hydrogens (tertiary/aromatic N) is 3. The van der Waals surface area contributed by atoms with E-state index in [1.807, 2.05) is 13.8 Å². The molecule has 1 heterocycles. The predicted molar refractivity (Wildman–Crippen MR) is 80.8 cm³/mol. The van der Waals surface area contributed by atoms with Crippen LogP contribution in [0.4, 0.5) is 22.0 Å². The monoisotopic (exact) mass is 356 g/mol. The molecule has 0 radical (unpaired) electrons. The Morgan fingerprint density at radius 2 is 1.95 bits per heavy atom. The average Bonchev–Trinajstić information content (AvgIpc) is 2.42. The predicted octanol–water partition coefficient (Wildman–Crippen LogP) is 2.59. The number of halogens is 2. The number of hydrogen-bond donors (Lipinski definition) is 3. The lowest BCUT2D eigenvalue weighted by atomic mass is 10.3. The molecule has 0 fully saturated rings. The highest BCUT2D eigenvalue weighted by molar-refractivity contribution is 9.10. The van der Waals surface area contributed by atoms with Gasteiger partial charge in [0, 0.05) is 4.47 Å². The van der Waals surface area contributed by atoms with Crippen LogP contribution in [0.15, 0.2) is 22.7 Å². The van der Waals surface area contributed by atoms with Crippen LogP contribution >= 0.6 is 15.9 Å². The number of nitrogens with one attached hydrogen (secondary N) is 2. The van der Waals surface area contributed by atoms with Gasteiger partial charge >= 0.3 is 6.01 Å². The summed E-state index contributed by atoms with van der Waals surface area (Å²) in [5.74, 6) is 5.09. The highest BCUT2D eigenvalue weighted by Crippen LogP contribution is 2.23. The molecule has 0 saturated carbocycles. The van der Waals surface area contributed by atoms with Crippen molar-refractivity contribution in [1.29, 1.82) is 0 Å². The van der Waals surface area contributed by atoms with E-state index < -0.39 is 5.82 Å². The largest absolute Gasteiger partial charge is 0.461 e. The van der Waals surface area contributed by atoms with Crippen LogP contribution in [-0.4, -0.2) is 21.1 Å². The van der Waals surface area contributed by atoms with Crippen LogP contribution in [0.2, 0.25) is 0 Å². The fraction of sp³-hybridized carbons (Fsp3) is 0.250. The van der Waals surface area contributed by atoms with Crippen molar-refractivity contribution in [3.8, 4) is 6.01 Å². The van der Waals surface area contributed by atoms with E-state index >= 15 is 0 Å². The zero-order valence-electron chi connectivity index (χ0n) is 11.4. The highest BCUT2D eigenvalue weighted by atomic mass is 79.9. The van der Waals surface area contributed by atoms with E-state index in [1.54, 1.807) is 12.1 Å². The fourth-order valence-corrected chi connectivity index (χ4v) is 1.82. The summed E-state index contributed by atoms with van der Waals surface area (Å²) in [6.07, 6.45) is -0.117. The lowest BCUT2D eigenvalue weighted by Gasteiger charge is -2.11. The molecule has 0 aliphatic carbocycles. The summed E-state index contributed by atoms with van der Waals surface area (Å²) in [7, 11) is 0. The summed E-state index contributed by atoms with van der Waals surface area (Å²) in [5.41, 5.74) is 2.52. The first-order valence-electron chi connectivity index (χ1n) is 6.09. The van der Waals surface area contributed by atoms with Gasteiger partial charge in [-0.1, -0.05) is 15.9 Å². The Kier molecular flexibility index (Phi) is 4.86. The minimum Gasteiger partial charge on any atom is -0.461 e. The van der Waals surface area contributed by atoms with E-state index in [0.29, 0.717) is 0 Å². The summed E-state index contributed by atoms with van der Waals surface area (Å²) in [4.78, 5) is 12.0. The van der Waals surface area contributed by atoms with Crippen molar-refractivity contribution in [2.75, 3.05) is 10.7 Å². The van der Waals surface area contributed by atoms with Gasteiger partial charge in [-0.2, -0.15) is 15.0 Å². The van der Waals surface area contributed by atoms with Crippen LogP contribution in [0, 0.1) is 5.82 Å². The molecule has 2 rings (SSSR count). The number of anilines is 3. The molecule has 7 nitrogen and oxygen atoms in total. The second-order valence-electron chi connectivity index (χ2n) is 4.33. The summed E-state index contributed by atoms with van der Waals surface area (Å²) in [6, 6.07) is 4.57. The fourth-order valence-electron chi connectivity index (χ4n) is 1.45. The maximum Gasteiger partial charge on any atom is 0.323 e. The standard InChI is InChI=1S/C12H14BrFN6O/c1-6(2)21-12-18-10(17-11(19-12)20-15)16-9-5-7(13)3-4-8(9)14/h3-6H,15H2,1-2H3,(H2,16,17,18,19,20). The van der Waals surface area contributed by atoms with Gasteiger partial charge < -0.3 is 10.1 Å². The summed E-state index contributed by atoms with van der Waals surface area (Å²) >= 11 is 3.27. The molecule has 21 heavy (non-hydrogen) atoms. The first kappa shape index (κ1) is 15.4. The Bertz CT molecular complexity index is 639. The normalized spacial score (nSPS) is 10.6. The molecule has 2 aromatic rings. The summed E-state index contributed by atoms with van der Waals surface area (Å²) < 4.78 is 19.8. The topological polar surface area (TPSA) is 98.0 Å². The van der Waals surface area contributed by atoms with Crippen LogP contribution < -0.4 is 21.3 Å². The van der Waals surface area contributed by atoms with E-state index in [0.717, 1.165) is 4.47 Å². The van der Waals surface area contributed by atoms with Crippen molar-refractivity contribution in [3.05, 3.63) is 28.5 Å². The number of hydrazine groups is 1. The van der Waals surface area contributed by atoms with Crippen molar-refractivity contribution in [1.82, 2.24) is 15.0 Å². The molecule has 9 heteroatoms. The van der Waals surface area contributed by atoms with E-state index in [-0.39, 0.29) is 29.7 Å². The van der Waals surface area contributed by atoms with Crippen molar-refractivity contribution < 1.29 is 9.13 Å². The quantitative estimate of drug-likeness (QED) is 0.559. The molecule has 0 aliphatic heterocycles. The Balaban J connectivity index is 2.32. The molecule has 0 spiro atoms. The van der Waals surface area contributed by atoms with Gasteiger partial charge in [0.25, 0.3) is 0 Å². The number of hydrogen-bond acceptors (Lipinski definition) is 7. The minimum atomic E-state index is -0.438. The van der Waals surface area contributed by atoms with Crippen molar-refractivity contribution in [2.24, 2.45) is 5.84 Å². The van der Waals surface area contributed by atoms with Gasteiger partial charge in [-0.25, -0.2) is 10.2 Å². The first-order chi connectivity index (χ1) is 9.97. The van der Waals surface area contributed by atoms with E-state index in [1.165, 1.54) is 6.07 Å². The second-order valence-corrected chi connectivity index (χ2v) is 5.24. The van der Waals surface area contributed by atoms with Crippen molar-refractivity contribution >= 4 is 33.5 Å². The van der Waals surface area contributed by atoms with Crippen LogP contribution in [-0.2, 0) is 0 Å². The zero-order valence-corrected chi connectivity index (χ0v) is 13.0. The Labute approximate surface area is 129 Å². The lowest BCUT2D eigenvalue weighted by molar-refractivity contribution is 0.222. The number of nitrogen functional groups attached to an aromatic ring is 1. The number of ether oxygens (including phenoxy) is 1.